The first kappa shape index (κ1) is 14.1. The maximum Gasteiger partial charge on any atom is 0.573 e. The summed E-state index contributed by atoms with van der Waals surface area (Å²) in [4.78, 5) is 0. The number of hydrogen-bond donors (Lipinski definition) is 1. The summed E-state index contributed by atoms with van der Waals surface area (Å²) in [5.41, 5.74) is 0.244. The average Bonchev–Trinajstić information content (AvgIpc) is 2.37. The Morgan fingerprint density at radius 2 is 1.89 bits per heavy atom. The molecule has 1 saturated heterocycles. The van der Waals surface area contributed by atoms with Gasteiger partial charge in [0.1, 0.15) is 11.9 Å². The van der Waals surface area contributed by atoms with Crippen molar-refractivity contribution in [3.63, 3.8) is 0 Å². The minimum atomic E-state index is -4.75. The van der Waals surface area contributed by atoms with Crippen LogP contribution < -0.4 is 10.1 Å². The molecule has 2 nitrogen and oxygen atoms in total. The van der Waals surface area contributed by atoms with Crippen molar-refractivity contribution in [3.8, 4) is 5.75 Å². The number of ether oxygens (including phenoxy) is 1. The van der Waals surface area contributed by atoms with E-state index in [1.165, 1.54) is 18.2 Å². The molecule has 1 fully saturated rings. The molecule has 1 aliphatic rings. The van der Waals surface area contributed by atoms with Crippen LogP contribution in [0.25, 0.3) is 0 Å². The number of halogens is 4. The number of alkyl halides is 4. The average molecular weight is 277 g/mol. The van der Waals surface area contributed by atoms with Gasteiger partial charge in [0.15, 0.2) is 0 Å². The summed E-state index contributed by atoms with van der Waals surface area (Å²) < 4.78 is 54.4. The molecule has 0 aliphatic carbocycles. The summed E-state index contributed by atoms with van der Waals surface area (Å²) >= 11 is 0. The van der Waals surface area contributed by atoms with Crippen molar-refractivity contribution in [1.82, 2.24) is 5.32 Å². The lowest BCUT2D eigenvalue weighted by Gasteiger charge is -2.26. The highest BCUT2D eigenvalue weighted by atomic mass is 19.4. The maximum atomic E-state index is 14.3. The first-order chi connectivity index (χ1) is 8.96. The molecule has 0 saturated carbocycles. The summed E-state index contributed by atoms with van der Waals surface area (Å²) in [6, 6.07) is 5.17. The first-order valence-corrected chi connectivity index (χ1v) is 6.16. The minimum Gasteiger partial charge on any atom is -0.406 e. The van der Waals surface area contributed by atoms with Crippen LogP contribution in [0.15, 0.2) is 24.3 Å². The predicted octanol–water partition coefficient (Wildman–Crippen LogP) is 3.60. The SMILES string of the molecule is FC(c1cccc(OC(F)(F)F)c1)C1CCNCC1. The normalized spacial score (nSPS) is 19.2. The van der Waals surface area contributed by atoms with Crippen LogP contribution in [0.4, 0.5) is 17.6 Å². The zero-order valence-electron chi connectivity index (χ0n) is 10.2. The van der Waals surface area contributed by atoms with Gasteiger partial charge in [0.05, 0.1) is 0 Å². The molecule has 1 aromatic carbocycles. The van der Waals surface area contributed by atoms with E-state index in [9.17, 15) is 17.6 Å². The molecule has 0 spiro atoms. The van der Waals surface area contributed by atoms with Crippen LogP contribution in [0.1, 0.15) is 24.6 Å². The van der Waals surface area contributed by atoms with Crippen molar-refractivity contribution in [3.05, 3.63) is 29.8 Å². The standard InChI is InChI=1S/C13H15F4NO/c14-12(9-4-6-18-7-5-9)10-2-1-3-11(8-10)19-13(15,16)17/h1-3,8-9,12,18H,4-7H2. The third-order valence-corrected chi connectivity index (χ3v) is 3.21. The van der Waals surface area contributed by atoms with Crippen LogP contribution in [-0.4, -0.2) is 19.5 Å². The predicted molar refractivity (Wildman–Crippen MR) is 62.6 cm³/mol. The van der Waals surface area contributed by atoms with Crippen LogP contribution >= 0.6 is 0 Å². The topological polar surface area (TPSA) is 21.3 Å². The number of hydrogen-bond acceptors (Lipinski definition) is 2. The molecule has 0 radical (unpaired) electrons. The van der Waals surface area contributed by atoms with Gasteiger partial charge < -0.3 is 10.1 Å². The van der Waals surface area contributed by atoms with E-state index in [-0.39, 0.29) is 17.2 Å². The Kier molecular flexibility index (Phi) is 4.29. The van der Waals surface area contributed by atoms with Crippen LogP contribution in [0.5, 0.6) is 5.75 Å². The third kappa shape index (κ3) is 4.09. The summed E-state index contributed by atoms with van der Waals surface area (Å²) in [6.07, 6.45) is -4.63. The minimum absolute atomic E-state index is 0.151. The summed E-state index contributed by atoms with van der Waals surface area (Å²) in [5.74, 6) is -0.524. The summed E-state index contributed by atoms with van der Waals surface area (Å²) in [5, 5.41) is 3.12. The summed E-state index contributed by atoms with van der Waals surface area (Å²) in [6.45, 7) is 1.48. The second kappa shape index (κ2) is 5.77. The number of nitrogens with one attached hydrogen (secondary N) is 1. The molecule has 1 aliphatic heterocycles. The molecular formula is C13H15F4NO. The lowest BCUT2D eigenvalue weighted by molar-refractivity contribution is -0.274. The molecular weight excluding hydrogens is 262 g/mol. The van der Waals surface area contributed by atoms with Crippen LogP contribution in [0.3, 0.4) is 0 Å². The Labute approximate surface area is 108 Å². The van der Waals surface area contributed by atoms with Crippen LogP contribution in [0.2, 0.25) is 0 Å². The third-order valence-electron chi connectivity index (χ3n) is 3.21. The van der Waals surface area contributed by atoms with Crippen molar-refractivity contribution in [1.29, 1.82) is 0 Å². The number of rotatable bonds is 3. The van der Waals surface area contributed by atoms with E-state index >= 15 is 0 Å². The fraction of sp³-hybridized carbons (Fsp3) is 0.538. The zero-order chi connectivity index (χ0) is 13.9. The highest BCUT2D eigenvalue weighted by molar-refractivity contribution is 5.30. The quantitative estimate of drug-likeness (QED) is 0.852. The van der Waals surface area contributed by atoms with Crippen molar-refractivity contribution >= 4 is 0 Å². The maximum absolute atomic E-state index is 14.3. The monoisotopic (exact) mass is 277 g/mol. The van der Waals surface area contributed by atoms with Gasteiger partial charge in [-0.3, -0.25) is 0 Å². The number of piperidine rings is 1. The highest BCUT2D eigenvalue weighted by Crippen LogP contribution is 2.34. The van der Waals surface area contributed by atoms with Crippen molar-refractivity contribution < 1.29 is 22.3 Å². The molecule has 0 amide bonds. The van der Waals surface area contributed by atoms with Crippen molar-refractivity contribution in [2.75, 3.05) is 13.1 Å². The smallest absolute Gasteiger partial charge is 0.406 e. The van der Waals surface area contributed by atoms with Gasteiger partial charge >= 0.3 is 6.36 Å². The Balaban J connectivity index is 2.09. The zero-order valence-corrected chi connectivity index (χ0v) is 10.2. The van der Waals surface area contributed by atoms with E-state index in [1.807, 2.05) is 0 Å². The second-order valence-electron chi connectivity index (χ2n) is 4.61. The van der Waals surface area contributed by atoms with Gasteiger partial charge in [0.25, 0.3) is 0 Å². The molecule has 0 aromatic heterocycles. The highest BCUT2D eigenvalue weighted by Gasteiger charge is 2.31. The molecule has 106 valence electrons. The van der Waals surface area contributed by atoms with E-state index in [2.05, 4.69) is 10.1 Å². The van der Waals surface area contributed by atoms with E-state index < -0.39 is 12.5 Å². The molecule has 19 heavy (non-hydrogen) atoms. The molecule has 2 rings (SSSR count). The van der Waals surface area contributed by atoms with E-state index in [4.69, 9.17) is 0 Å². The van der Waals surface area contributed by atoms with Gasteiger partial charge in [0, 0.05) is 0 Å². The molecule has 1 N–H and O–H groups in total. The Hall–Kier alpha value is -1.30. The van der Waals surface area contributed by atoms with Gasteiger partial charge in [0.2, 0.25) is 0 Å². The number of benzene rings is 1. The van der Waals surface area contributed by atoms with Crippen molar-refractivity contribution in [2.45, 2.75) is 25.4 Å². The van der Waals surface area contributed by atoms with Gasteiger partial charge in [-0.1, -0.05) is 12.1 Å². The molecule has 1 aromatic rings. The fourth-order valence-corrected chi connectivity index (χ4v) is 2.29. The van der Waals surface area contributed by atoms with Gasteiger partial charge in [-0.2, -0.15) is 0 Å². The second-order valence-corrected chi connectivity index (χ2v) is 4.61. The first-order valence-electron chi connectivity index (χ1n) is 6.16. The fourth-order valence-electron chi connectivity index (χ4n) is 2.29. The lowest BCUT2D eigenvalue weighted by Crippen LogP contribution is -2.29. The van der Waals surface area contributed by atoms with E-state index in [1.54, 1.807) is 0 Å². The summed E-state index contributed by atoms with van der Waals surface area (Å²) in [7, 11) is 0. The molecule has 0 bridgehead atoms. The van der Waals surface area contributed by atoms with E-state index in [0.717, 1.165) is 19.2 Å². The van der Waals surface area contributed by atoms with E-state index in [0.29, 0.717) is 12.8 Å². The molecule has 1 unspecified atom stereocenters. The van der Waals surface area contributed by atoms with Crippen LogP contribution in [0, 0.1) is 5.92 Å². The Morgan fingerprint density at radius 1 is 1.21 bits per heavy atom. The molecule has 1 heterocycles. The van der Waals surface area contributed by atoms with Gasteiger partial charge in [-0.05, 0) is 49.5 Å². The Bertz CT molecular complexity index is 415. The van der Waals surface area contributed by atoms with Crippen molar-refractivity contribution in [2.24, 2.45) is 5.92 Å². The van der Waals surface area contributed by atoms with Gasteiger partial charge in [-0.25, -0.2) is 4.39 Å². The molecule has 1 atom stereocenters. The lowest BCUT2D eigenvalue weighted by atomic mass is 9.89. The van der Waals surface area contributed by atoms with Crippen LogP contribution in [-0.2, 0) is 0 Å². The molecule has 6 heteroatoms. The van der Waals surface area contributed by atoms with Gasteiger partial charge in [-0.15, -0.1) is 13.2 Å². The largest absolute Gasteiger partial charge is 0.573 e. The Morgan fingerprint density at radius 3 is 2.53 bits per heavy atom.